The van der Waals surface area contributed by atoms with Gasteiger partial charge in [0, 0.05) is 11.1 Å². The van der Waals surface area contributed by atoms with Crippen molar-refractivity contribution in [1.82, 2.24) is 0 Å². The molecule has 4 aromatic rings. The van der Waals surface area contributed by atoms with Gasteiger partial charge in [-0.3, -0.25) is 9.59 Å². The molecule has 0 bridgehead atoms. The number of hydrogen-bond donors (Lipinski definition) is 2. The van der Waals surface area contributed by atoms with Crippen LogP contribution in [0.5, 0.6) is 0 Å². The Kier molecular flexibility index (Phi) is 13.7. The van der Waals surface area contributed by atoms with E-state index in [0.717, 1.165) is 0 Å². The van der Waals surface area contributed by atoms with Crippen molar-refractivity contribution in [1.29, 1.82) is 0 Å². The summed E-state index contributed by atoms with van der Waals surface area (Å²) in [6, 6.07) is 36.4. The number of hydrogen-bond acceptors (Lipinski definition) is 3. The molecule has 0 aliphatic rings. The molecule has 6 heteroatoms. The Morgan fingerprint density at radius 2 is 0.667 bits per heavy atom. The van der Waals surface area contributed by atoms with Crippen LogP contribution in [0.3, 0.4) is 0 Å². The molecule has 0 fully saturated rings. The Hall–Kier alpha value is -3.55. The molecule has 0 spiro atoms. The number of aliphatic hydroxyl groups excluding tert-OH is 2. The number of rotatable bonds is 6. The number of aliphatic hydroxyl groups is 2. The van der Waals surface area contributed by atoms with E-state index < -0.39 is 0 Å². The Bertz CT molecular complexity index is 1170. The SMILES string of the molecule is O/C(=C\C(=[OH+])c1ccccc1)c1ccccc1.O/C(=C\C(=[OH+])c1ccccc1)c1ccccc1.[La+3].[OH-]. The van der Waals surface area contributed by atoms with E-state index in [-0.39, 0.29) is 64.2 Å². The first kappa shape index (κ1) is 30.5. The van der Waals surface area contributed by atoms with E-state index in [1.807, 2.05) is 72.8 Å². The van der Waals surface area contributed by atoms with Gasteiger partial charge in [0.25, 0.3) is 0 Å². The minimum atomic E-state index is 0. The average molecular weight is 606 g/mol. The third-order valence-electron chi connectivity index (χ3n) is 4.83. The maximum absolute atomic E-state index is 9.83. The Labute approximate surface area is 238 Å². The van der Waals surface area contributed by atoms with Gasteiger partial charge in [-0.15, -0.1) is 0 Å². The van der Waals surface area contributed by atoms with Gasteiger partial charge in [0.15, 0.2) is 0 Å². The van der Waals surface area contributed by atoms with Crippen LogP contribution in [-0.4, -0.2) is 36.8 Å². The van der Waals surface area contributed by atoms with Crippen molar-refractivity contribution >= 4 is 23.1 Å². The topological polar surface area (TPSA) is 113 Å². The molecule has 4 rings (SSSR count). The third kappa shape index (κ3) is 9.60. The van der Waals surface area contributed by atoms with Crippen molar-refractivity contribution in [2.24, 2.45) is 0 Å². The van der Waals surface area contributed by atoms with E-state index in [1.54, 1.807) is 48.5 Å². The van der Waals surface area contributed by atoms with Gasteiger partial charge in [-0.05, 0) is 24.3 Å². The molecule has 36 heavy (non-hydrogen) atoms. The summed E-state index contributed by atoms with van der Waals surface area (Å²) in [5, 5.41) is 19.7. The first-order valence-electron chi connectivity index (χ1n) is 10.7. The number of benzene rings is 4. The molecule has 4 aromatic carbocycles. The molecule has 0 radical (unpaired) electrons. The molecule has 176 valence electrons. The van der Waals surface area contributed by atoms with E-state index in [1.165, 1.54) is 12.2 Å². The Morgan fingerprint density at radius 3 is 0.917 bits per heavy atom. The van der Waals surface area contributed by atoms with E-state index >= 15 is 0 Å². The molecule has 0 amide bonds. The first-order valence-corrected chi connectivity index (χ1v) is 10.7. The van der Waals surface area contributed by atoms with Gasteiger partial charge in [-0.25, -0.2) is 0 Å². The maximum Gasteiger partial charge on any atom is 3.00 e. The van der Waals surface area contributed by atoms with Gasteiger partial charge in [0.2, 0.25) is 0 Å². The number of carbonyl (C=O) groups excluding carboxylic acids is 2. The van der Waals surface area contributed by atoms with Crippen molar-refractivity contribution < 1.29 is 60.9 Å². The zero-order valence-electron chi connectivity index (χ0n) is 19.5. The monoisotopic (exact) mass is 606 g/mol. The molecular weight excluding hydrogens is 579 g/mol. The van der Waals surface area contributed by atoms with Crippen molar-refractivity contribution in [3.63, 3.8) is 0 Å². The molecule has 5 nitrogen and oxygen atoms in total. The van der Waals surface area contributed by atoms with E-state index in [0.29, 0.717) is 22.3 Å². The molecule has 0 aromatic heterocycles. The fourth-order valence-electron chi connectivity index (χ4n) is 3.03. The number of allylic oxidation sites excluding steroid dienone is 2. The molecule has 0 saturated carbocycles. The van der Waals surface area contributed by atoms with Crippen molar-refractivity contribution in [3.05, 3.63) is 156 Å². The minimum absolute atomic E-state index is 0. The van der Waals surface area contributed by atoms with Crippen LogP contribution >= 0.6 is 0 Å². The van der Waals surface area contributed by atoms with Crippen LogP contribution in [0, 0.1) is 35.6 Å². The summed E-state index contributed by atoms with van der Waals surface area (Å²) >= 11 is 0. The van der Waals surface area contributed by atoms with Crippen molar-refractivity contribution in [3.8, 4) is 0 Å². The van der Waals surface area contributed by atoms with E-state index in [9.17, 15) is 19.8 Å². The Balaban J connectivity index is 0.000000341. The van der Waals surface area contributed by atoms with Crippen LogP contribution in [0.4, 0.5) is 0 Å². The second-order valence-corrected chi connectivity index (χ2v) is 7.29. The average Bonchev–Trinajstić information content (AvgIpc) is 2.91. The molecule has 0 unspecified atom stereocenters. The summed E-state index contributed by atoms with van der Waals surface area (Å²) in [7, 11) is 0. The predicted molar refractivity (Wildman–Crippen MR) is 141 cm³/mol. The summed E-state index contributed by atoms with van der Waals surface area (Å²) in [4.78, 5) is 19.7. The van der Waals surface area contributed by atoms with Crippen LogP contribution in [-0.2, 0) is 0 Å². The van der Waals surface area contributed by atoms with Gasteiger partial charge in [-0.1, -0.05) is 97.1 Å². The second-order valence-electron chi connectivity index (χ2n) is 7.29. The normalized spacial score (nSPS) is 10.6. The van der Waals surface area contributed by atoms with E-state index in [4.69, 9.17) is 0 Å². The van der Waals surface area contributed by atoms with Crippen LogP contribution < -0.4 is 0 Å². The summed E-state index contributed by atoms with van der Waals surface area (Å²) in [6.45, 7) is 0. The molecule has 0 aliphatic heterocycles. The molecule has 0 atom stereocenters. The maximum atomic E-state index is 9.83. The minimum Gasteiger partial charge on any atom is -0.870 e. The fourth-order valence-corrected chi connectivity index (χ4v) is 3.03. The van der Waals surface area contributed by atoms with Crippen molar-refractivity contribution in [2.45, 2.75) is 0 Å². The quantitative estimate of drug-likeness (QED) is 0.118. The summed E-state index contributed by atoms with van der Waals surface area (Å²) in [5.41, 5.74) is 2.70. The fraction of sp³-hybridized carbons (Fsp3) is 0. The van der Waals surface area contributed by atoms with Crippen LogP contribution in [0.1, 0.15) is 22.3 Å². The Morgan fingerprint density at radius 1 is 0.444 bits per heavy atom. The van der Waals surface area contributed by atoms with Crippen LogP contribution in [0.2, 0.25) is 0 Å². The molecule has 0 aliphatic carbocycles. The van der Waals surface area contributed by atoms with Gasteiger partial charge in [0.05, 0.1) is 23.3 Å². The van der Waals surface area contributed by atoms with Gasteiger partial charge < -0.3 is 15.7 Å². The van der Waals surface area contributed by atoms with E-state index in [2.05, 4.69) is 0 Å². The summed E-state index contributed by atoms with van der Waals surface area (Å²) < 4.78 is 0. The molecular formula is C30H27LaO5+4. The molecule has 0 saturated heterocycles. The largest absolute Gasteiger partial charge is 3.00 e. The molecule has 5 N–H and O–H groups in total. The summed E-state index contributed by atoms with van der Waals surface area (Å²) in [6.07, 6.45) is 2.70. The molecule has 0 heterocycles. The standard InChI is InChI=1S/2C15H12O2.La.H2O/c2*16-14(12-7-3-1-4-8-12)11-15(17)13-9-5-2-6-10-13;;/h2*1-11,16H;;1H2/q;;+3;/p+1/b2*14-11-;;. The van der Waals surface area contributed by atoms with Crippen LogP contribution in [0.15, 0.2) is 133 Å². The van der Waals surface area contributed by atoms with Crippen molar-refractivity contribution in [2.75, 3.05) is 0 Å². The second kappa shape index (κ2) is 16.2. The summed E-state index contributed by atoms with van der Waals surface area (Å²) in [5.74, 6) is 0.192. The predicted octanol–water partition coefficient (Wildman–Crippen LogP) is 6.18. The zero-order chi connectivity index (χ0) is 24.2. The van der Waals surface area contributed by atoms with Gasteiger partial charge in [0.1, 0.15) is 11.5 Å². The first-order chi connectivity index (χ1) is 16.5. The third-order valence-corrected chi connectivity index (χ3v) is 4.83. The number of ketones is 2. The van der Waals surface area contributed by atoms with Gasteiger partial charge >= 0.3 is 47.2 Å². The smallest absolute Gasteiger partial charge is 0.870 e. The van der Waals surface area contributed by atoms with Crippen LogP contribution in [0.25, 0.3) is 11.5 Å². The zero-order valence-corrected chi connectivity index (χ0v) is 23.1. The van der Waals surface area contributed by atoms with Gasteiger partial charge in [-0.2, -0.15) is 0 Å².